The van der Waals surface area contributed by atoms with E-state index in [9.17, 15) is 4.79 Å². The highest BCUT2D eigenvalue weighted by molar-refractivity contribution is 7.10. The van der Waals surface area contributed by atoms with Crippen molar-refractivity contribution in [3.63, 3.8) is 0 Å². The van der Waals surface area contributed by atoms with E-state index < -0.39 is 0 Å². The number of hydrogen-bond donors (Lipinski definition) is 1. The molecule has 0 aromatic carbocycles. The minimum Gasteiger partial charge on any atom is -0.323 e. The Morgan fingerprint density at radius 1 is 1.43 bits per heavy atom. The fraction of sp³-hybridized carbons (Fsp3) is 0.706. The van der Waals surface area contributed by atoms with E-state index >= 15 is 0 Å². The van der Waals surface area contributed by atoms with Crippen LogP contribution in [0.1, 0.15) is 50.0 Å². The quantitative estimate of drug-likeness (QED) is 0.884. The Morgan fingerprint density at radius 3 is 2.76 bits per heavy atom. The number of nitrogens with one attached hydrogen (secondary N) is 1. The van der Waals surface area contributed by atoms with Crippen LogP contribution < -0.4 is 5.32 Å². The van der Waals surface area contributed by atoms with Crippen LogP contribution in [0.15, 0.2) is 5.38 Å². The zero-order valence-electron chi connectivity index (χ0n) is 13.7. The summed E-state index contributed by atoms with van der Waals surface area (Å²) in [4.78, 5) is 16.3. The van der Waals surface area contributed by atoms with Crippen LogP contribution in [0.3, 0.4) is 0 Å². The minimum absolute atomic E-state index is 0.0438. The third-order valence-electron chi connectivity index (χ3n) is 4.62. The summed E-state index contributed by atoms with van der Waals surface area (Å²) in [6.45, 7) is 10.7. The predicted octanol–water partition coefficient (Wildman–Crippen LogP) is 4.20. The molecular formula is C17H28N2OS. The Kier molecular flexibility index (Phi) is 5.82. The first-order valence-corrected chi connectivity index (χ1v) is 9.04. The molecule has 0 spiro atoms. The predicted molar refractivity (Wildman–Crippen MR) is 91.1 cm³/mol. The number of amides is 1. The summed E-state index contributed by atoms with van der Waals surface area (Å²) < 4.78 is 0. The molecule has 1 fully saturated rings. The summed E-state index contributed by atoms with van der Waals surface area (Å²) in [5.41, 5.74) is 2.20. The Bertz CT molecular complexity index is 464. The molecule has 4 heteroatoms. The first-order chi connectivity index (χ1) is 10.1. The van der Waals surface area contributed by atoms with Crippen molar-refractivity contribution in [3.8, 4) is 0 Å². The zero-order valence-corrected chi connectivity index (χ0v) is 14.6. The summed E-state index contributed by atoms with van der Waals surface area (Å²) >= 11 is 1.71. The van der Waals surface area contributed by atoms with Gasteiger partial charge in [-0.1, -0.05) is 20.3 Å². The Morgan fingerprint density at radius 2 is 2.19 bits per heavy atom. The molecule has 1 N–H and O–H groups in total. The van der Waals surface area contributed by atoms with Gasteiger partial charge in [-0.05, 0) is 63.1 Å². The van der Waals surface area contributed by atoms with Gasteiger partial charge in [0.2, 0.25) is 5.91 Å². The lowest BCUT2D eigenvalue weighted by molar-refractivity contribution is -0.123. The van der Waals surface area contributed by atoms with Crippen LogP contribution in [0, 0.1) is 19.8 Å². The first kappa shape index (κ1) is 16.5. The van der Waals surface area contributed by atoms with Crippen LogP contribution in [0.25, 0.3) is 0 Å². The monoisotopic (exact) mass is 308 g/mol. The van der Waals surface area contributed by atoms with E-state index in [0.717, 1.165) is 31.6 Å². The van der Waals surface area contributed by atoms with E-state index in [1.165, 1.54) is 23.3 Å². The van der Waals surface area contributed by atoms with E-state index in [0.29, 0.717) is 5.92 Å². The molecule has 1 aliphatic heterocycles. The van der Waals surface area contributed by atoms with E-state index in [1.54, 1.807) is 11.3 Å². The summed E-state index contributed by atoms with van der Waals surface area (Å²) in [6, 6.07) is 0.0438. The molecule has 3 nitrogen and oxygen atoms in total. The second-order valence-electron chi connectivity index (χ2n) is 6.19. The lowest BCUT2D eigenvalue weighted by Gasteiger charge is -2.38. The van der Waals surface area contributed by atoms with E-state index in [-0.39, 0.29) is 11.9 Å². The van der Waals surface area contributed by atoms with Gasteiger partial charge in [0.25, 0.3) is 0 Å². The van der Waals surface area contributed by atoms with E-state index in [4.69, 9.17) is 0 Å². The molecule has 21 heavy (non-hydrogen) atoms. The lowest BCUT2D eigenvalue weighted by atomic mass is 9.88. The molecular weight excluding hydrogens is 280 g/mol. The zero-order chi connectivity index (χ0) is 15.4. The fourth-order valence-corrected chi connectivity index (χ4v) is 4.05. The van der Waals surface area contributed by atoms with Gasteiger partial charge in [0, 0.05) is 4.88 Å². The molecule has 1 saturated heterocycles. The van der Waals surface area contributed by atoms with Crippen molar-refractivity contribution in [2.75, 3.05) is 18.4 Å². The average Bonchev–Trinajstić information content (AvgIpc) is 2.79. The van der Waals surface area contributed by atoms with Gasteiger partial charge in [0.1, 0.15) is 0 Å². The maximum atomic E-state index is 12.8. The third kappa shape index (κ3) is 3.86. The van der Waals surface area contributed by atoms with Crippen molar-refractivity contribution in [2.24, 2.45) is 5.92 Å². The summed E-state index contributed by atoms with van der Waals surface area (Å²) in [7, 11) is 0. The average molecular weight is 308 g/mol. The Labute approximate surface area is 132 Å². The van der Waals surface area contributed by atoms with Crippen LogP contribution in [0.5, 0.6) is 0 Å². The number of aryl methyl sites for hydroxylation is 2. The van der Waals surface area contributed by atoms with Crippen molar-refractivity contribution in [3.05, 3.63) is 15.8 Å². The van der Waals surface area contributed by atoms with Gasteiger partial charge in [0.15, 0.2) is 0 Å². The van der Waals surface area contributed by atoms with Crippen LogP contribution in [0.2, 0.25) is 0 Å². The number of carbonyl (C=O) groups is 1. The van der Waals surface area contributed by atoms with Gasteiger partial charge < -0.3 is 5.32 Å². The van der Waals surface area contributed by atoms with Crippen molar-refractivity contribution in [1.82, 2.24) is 4.90 Å². The highest BCUT2D eigenvalue weighted by atomic mass is 32.1. The van der Waals surface area contributed by atoms with Crippen molar-refractivity contribution >= 4 is 22.9 Å². The smallest absolute Gasteiger partial charge is 0.241 e. The highest BCUT2D eigenvalue weighted by Gasteiger charge is 2.32. The summed E-state index contributed by atoms with van der Waals surface area (Å²) in [5.74, 6) is 0.879. The van der Waals surface area contributed by atoms with Crippen LogP contribution in [0.4, 0.5) is 5.69 Å². The largest absolute Gasteiger partial charge is 0.323 e. The van der Waals surface area contributed by atoms with Gasteiger partial charge >= 0.3 is 0 Å². The third-order valence-corrected chi connectivity index (χ3v) is 5.65. The van der Waals surface area contributed by atoms with Crippen LogP contribution >= 0.6 is 11.3 Å². The van der Waals surface area contributed by atoms with Crippen molar-refractivity contribution < 1.29 is 4.79 Å². The van der Waals surface area contributed by atoms with E-state index in [1.807, 2.05) is 0 Å². The Balaban J connectivity index is 2.09. The number of anilines is 1. The molecule has 1 amide bonds. The van der Waals surface area contributed by atoms with Crippen molar-refractivity contribution in [1.29, 1.82) is 0 Å². The van der Waals surface area contributed by atoms with Gasteiger partial charge in [0.05, 0.1) is 11.7 Å². The minimum atomic E-state index is 0.0438. The van der Waals surface area contributed by atoms with Gasteiger partial charge in [-0.15, -0.1) is 11.3 Å². The molecule has 2 atom stereocenters. The summed E-state index contributed by atoms with van der Waals surface area (Å²) in [6.07, 6.45) is 4.53. The van der Waals surface area contributed by atoms with Gasteiger partial charge in [-0.25, -0.2) is 0 Å². The molecule has 2 rings (SSSR count). The number of rotatable bonds is 5. The second kappa shape index (κ2) is 7.41. The molecule has 0 unspecified atom stereocenters. The van der Waals surface area contributed by atoms with Gasteiger partial charge in [-0.3, -0.25) is 9.69 Å². The second-order valence-corrected chi connectivity index (χ2v) is 7.27. The first-order valence-electron chi connectivity index (χ1n) is 8.16. The van der Waals surface area contributed by atoms with Gasteiger partial charge in [-0.2, -0.15) is 0 Å². The molecule has 118 valence electrons. The standard InChI is InChI=1S/C17H28N2OS/c1-5-8-19-9-7-14(6-2)10-15(19)17(20)18-16-12(3)11-21-13(16)4/h11,14-15H,5-10H2,1-4H3,(H,18,20)/t14-,15-/m0/s1. The number of likely N-dealkylation sites (tertiary alicyclic amines) is 1. The number of piperidine rings is 1. The fourth-order valence-electron chi connectivity index (χ4n) is 3.25. The molecule has 2 heterocycles. The van der Waals surface area contributed by atoms with E-state index in [2.05, 4.69) is 43.3 Å². The molecule has 0 saturated carbocycles. The lowest BCUT2D eigenvalue weighted by Crippen LogP contribution is -2.49. The molecule has 1 aromatic rings. The number of nitrogens with zero attached hydrogens (tertiary/aromatic N) is 1. The molecule has 1 aliphatic rings. The SMILES string of the molecule is CCCN1CC[C@H](CC)C[C@H]1C(=O)Nc1c(C)csc1C. The molecule has 0 radical (unpaired) electrons. The van der Waals surface area contributed by atoms with Crippen LogP contribution in [-0.2, 0) is 4.79 Å². The number of carbonyl (C=O) groups excluding carboxylic acids is 1. The molecule has 0 bridgehead atoms. The number of hydrogen-bond acceptors (Lipinski definition) is 3. The molecule has 0 aliphatic carbocycles. The van der Waals surface area contributed by atoms with Crippen molar-refractivity contribution in [2.45, 2.75) is 59.4 Å². The highest BCUT2D eigenvalue weighted by Crippen LogP contribution is 2.29. The Hall–Kier alpha value is -0.870. The maximum absolute atomic E-state index is 12.8. The maximum Gasteiger partial charge on any atom is 0.241 e. The summed E-state index contributed by atoms with van der Waals surface area (Å²) in [5, 5.41) is 5.31. The topological polar surface area (TPSA) is 32.3 Å². The number of thiophene rings is 1. The normalized spacial score (nSPS) is 23.2. The molecule has 1 aromatic heterocycles. The van der Waals surface area contributed by atoms with Crippen LogP contribution in [-0.4, -0.2) is 29.9 Å².